The highest BCUT2D eigenvalue weighted by molar-refractivity contribution is 5.87. The van der Waals surface area contributed by atoms with Gasteiger partial charge in [0, 0.05) is 36.2 Å². The van der Waals surface area contributed by atoms with Crippen LogP contribution in [0.5, 0.6) is 0 Å². The summed E-state index contributed by atoms with van der Waals surface area (Å²) < 4.78 is 5.73. The lowest BCUT2D eigenvalue weighted by molar-refractivity contribution is -0.0111. The number of aromatic nitrogens is 1. The number of benzene rings is 2. The molecule has 1 unspecified atom stereocenters. The van der Waals surface area contributed by atoms with E-state index < -0.39 is 5.97 Å². The van der Waals surface area contributed by atoms with Crippen LogP contribution in [-0.4, -0.2) is 46.8 Å². The molecule has 0 saturated carbocycles. The van der Waals surface area contributed by atoms with Crippen LogP contribution in [0.3, 0.4) is 0 Å². The lowest BCUT2D eigenvalue weighted by Crippen LogP contribution is -2.46. The molecule has 1 fully saturated rings. The van der Waals surface area contributed by atoms with Crippen molar-refractivity contribution in [1.82, 2.24) is 9.88 Å². The van der Waals surface area contributed by atoms with E-state index in [0.29, 0.717) is 18.2 Å². The molecular weight excluding hydrogens is 328 g/mol. The minimum Gasteiger partial charge on any atom is -0.478 e. The average Bonchev–Trinajstić information content (AvgIpc) is 3.07. The summed E-state index contributed by atoms with van der Waals surface area (Å²) in [5.74, 6) is -0.889. The molecule has 0 aliphatic carbocycles. The van der Waals surface area contributed by atoms with Gasteiger partial charge in [-0.1, -0.05) is 30.3 Å². The Hall–Kier alpha value is -2.63. The van der Waals surface area contributed by atoms with Crippen molar-refractivity contribution in [2.45, 2.75) is 19.0 Å². The third-order valence-electron chi connectivity index (χ3n) is 5.07. The highest BCUT2D eigenvalue weighted by atomic mass is 16.5. The summed E-state index contributed by atoms with van der Waals surface area (Å²) in [6.07, 6.45) is 3.02. The number of para-hydroxylation sites is 1. The van der Waals surface area contributed by atoms with Crippen LogP contribution in [-0.2, 0) is 17.7 Å². The summed E-state index contributed by atoms with van der Waals surface area (Å²) >= 11 is 0. The molecular formula is C21H22N2O3. The van der Waals surface area contributed by atoms with E-state index in [0.717, 1.165) is 37.2 Å². The van der Waals surface area contributed by atoms with Crippen molar-refractivity contribution in [2.24, 2.45) is 0 Å². The Morgan fingerprint density at radius 3 is 2.81 bits per heavy atom. The number of ether oxygens (including phenoxy) is 1. The number of carboxylic acid groups (broad SMARTS) is 1. The van der Waals surface area contributed by atoms with E-state index >= 15 is 0 Å². The number of nitrogens with zero attached hydrogens (tertiary/aromatic N) is 1. The third kappa shape index (κ3) is 3.49. The number of hydrogen-bond acceptors (Lipinski definition) is 3. The first-order valence-corrected chi connectivity index (χ1v) is 8.90. The van der Waals surface area contributed by atoms with Crippen molar-refractivity contribution in [1.29, 1.82) is 0 Å². The first-order valence-electron chi connectivity index (χ1n) is 8.90. The van der Waals surface area contributed by atoms with E-state index in [1.807, 2.05) is 18.2 Å². The molecule has 1 atom stereocenters. The lowest BCUT2D eigenvalue weighted by atomic mass is 10.0. The van der Waals surface area contributed by atoms with E-state index in [4.69, 9.17) is 9.84 Å². The Morgan fingerprint density at radius 1 is 1.19 bits per heavy atom. The van der Waals surface area contributed by atoms with Crippen molar-refractivity contribution < 1.29 is 14.6 Å². The molecule has 2 aromatic carbocycles. The predicted molar refractivity (Wildman–Crippen MR) is 100 cm³/mol. The monoisotopic (exact) mass is 350 g/mol. The molecule has 1 aliphatic heterocycles. The number of morpholine rings is 1. The molecule has 26 heavy (non-hydrogen) atoms. The van der Waals surface area contributed by atoms with Gasteiger partial charge in [0.15, 0.2) is 0 Å². The number of carbonyl (C=O) groups is 1. The minimum absolute atomic E-state index is 0.308. The van der Waals surface area contributed by atoms with Crippen LogP contribution >= 0.6 is 0 Å². The number of aromatic amines is 1. The second-order valence-corrected chi connectivity index (χ2v) is 6.76. The topological polar surface area (TPSA) is 65.6 Å². The summed E-state index contributed by atoms with van der Waals surface area (Å²) in [6.45, 7) is 3.13. The van der Waals surface area contributed by atoms with Gasteiger partial charge < -0.3 is 14.8 Å². The molecule has 4 rings (SSSR count). The molecule has 1 aliphatic rings. The van der Waals surface area contributed by atoms with Gasteiger partial charge in [0.25, 0.3) is 0 Å². The van der Waals surface area contributed by atoms with Crippen LogP contribution in [0.4, 0.5) is 0 Å². The lowest BCUT2D eigenvalue weighted by Gasteiger charge is -2.35. The van der Waals surface area contributed by atoms with Crippen LogP contribution in [0.25, 0.3) is 10.9 Å². The maximum Gasteiger partial charge on any atom is 0.335 e. The molecule has 0 radical (unpaired) electrons. The SMILES string of the molecule is O=C(O)c1ccc(CN2CCOCC2Cc2c[nH]c3ccccc23)cc1. The largest absolute Gasteiger partial charge is 0.478 e. The Balaban J connectivity index is 1.50. The summed E-state index contributed by atoms with van der Waals surface area (Å²) in [4.78, 5) is 16.8. The van der Waals surface area contributed by atoms with Gasteiger partial charge in [-0.15, -0.1) is 0 Å². The molecule has 1 saturated heterocycles. The Bertz CT molecular complexity index is 901. The molecule has 5 nitrogen and oxygen atoms in total. The highest BCUT2D eigenvalue weighted by Gasteiger charge is 2.24. The number of aromatic carboxylic acids is 1. The fraction of sp³-hybridized carbons (Fsp3) is 0.286. The van der Waals surface area contributed by atoms with E-state index in [-0.39, 0.29) is 0 Å². The first-order chi connectivity index (χ1) is 12.7. The summed E-state index contributed by atoms with van der Waals surface area (Å²) in [7, 11) is 0. The van der Waals surface area contributed by atoms with E-state index in [1.54, 1.807) is 12.1 Å². The average molecular weight is 350 g/mol. The number of nitrogens with one attached hydrogen (secondary N) is 1. The van der Waals surface area contributed by atoms with Crippen LogP contribution in [0.1, 0.15) is 21.5 Å². The number of fused-ring (bicyclic) bond motifs is 1. The van der Waals surface area contributed by atoms with Crippen molar-refractivity contribution in [3.63, 3.8) is 0 Å². The molecule has 1 aromatic heterocycles. The van der Waals surface area contributed by atoms with Gasteiger partial charge in [0.1, 0.15) is 0 Å². The normalized spacial score (nSPS) is 18.2. The molecule has 2 N–H and O–H groups in total. The molecule has 0 spiro atoms. The van der Waals surface area contributed by atoms with Crippen molar-refractivity contribution in [2.75, 3.05) is 19.8 Å². The second-order valence-electron chi connectivity index (χ2n) is 6.76. The van der Waals surface area contributed by atoms with Crippen LogP contribution in [0.2, 0.25) is 0 Å². The smallest absolute Gasteiger partial charge is 0.335 e. The summed E-state index contributed by atoms with van der Waals surface area (Å²) in [5, 5.41) is 10.3. The second kappa shape index (κ2) is 7.32. The molecule has 134 valence electrons. The zero-order chi connectivity index (χ0) is 17.9. The van der Waals surface area contributed by atoms with Gasteiger partial charge in [-0.25, -0.2) is 4.79 Å². The van der Waals surface area contributed by atoms with Crippen molar-refractivity contribution >= 4 is 16.9 Å². The van der Waals surface area contributed by atoms with Gasteiger partial charge in [-0.2, -0.15) is 0 Å². The number of H-pyrrole nitrogens is 1. The fourth-order valence-electron chi connectivity index (χ4n) is 3.63. The Kier molecular flexibility index (Phi) is 4.73. The first kappa shape index (κ1) is 16.8. The molecule has 0 bridgehead atoms. The van der Waals surface area contributed by atoms with E-state index in [9.17, 15) is 4.79 Å². The van der Waals surface area contributed by atoms with Gasteiger partial charge in [0.05, 0.1) is 18.8 Å². The van der Waals surface area contributed by atoms with E-state index in [2.05, 4.69) is 34.3 Å². The van der Waals surface area contributed by atoms with Crippen LogP contribution in [0.15, 0.2) is 54.7 Å². The van der Waals surface area contributed by atoms with Gasteiger partial charge in [0.2, 0.25) is 0 Å². The number of hydrogen-bond donors (Lipinski definition) is 2. The predicted octanol–water partition coefficient (Wildman–Crippen LogP) is 3.31. The van der Waals surface area contributed by atoms with Gasteiger partial charge >= 0.3 is 5.97 Å². The quantitative estimate of drug-likeness (QED) is 0.741. The molecule has 3 aromatic rings. The van der Waals surface area contributed by atoms with Crippen LogP contribution in [0, 0.1) is 0 Å². The van der Waals surface area contributed by atoms with Crippen LogP contribution < -0.4 is 0 Å². The minimum atomic E-state index is -0.889. The third-order valence-corrected chi connectivity index (χ3v) is 5.07. The molecule has 5 heteroatoms. The van der Waals surface area contributed by atoms with Gasteiger partial charge in [-0.3, -0.25) is 4.90 Å². The maximum atomic E-state index is 11.0. The van der Waals surface area contributed by atoms with Crippen molar-refractivity contribution in [3.05, 3.63) is 71.4 Å². The highest BCUT2D eigenvalue weighted by Crippen LogP contribution is 2.23. The zero-order valence-electron chi connectivity index (χ0n) is 14.5. The summed E-state index contributed by atoms with van der Waals surface area (Å²) in [5.41, 5.74) is 3.92. The van der Waals surface area contributed by atoms with Gasteiger partial charge in [-0.05, 0) is 35.7 Å². The van der Waals surface area contributed by atoms with Crippen molar-refractivity contribution in [3.8, 4) is 0 Å². The fourth-order valence-corrected chi connectivity index (χ4v) is 3.63. The number of rotatable bonds is 5. The Labute approximate surface area is 152 Å². The molecule has 2 heterocycles. The van der Waals surface area contributed by atoms with E-state index in [1.165, 1.54) is 10.9 Å². The summed E-state index contributed by atoms with van der Waals surface area (Å²) in [6, 6.07) is 15.8. The maximum absolute atomic E-state index is 11.0. The Morgan fingerprint density at radius 2 is 2.00 bits per heavy atom. The zero-order valence-corrected chi connectivity index (χ0v) is 14.5. The molecule has 0 amide bonds. The number of carboxylic acids is 1. The standard InChI is InChI=1S/C21H22N2O3/c24-21(25)16-7-5-15(6-8-16)13-23-9-10-26-14-18(23)11-17-12-22-20-4-2-1-3-19(17)20/h1-8,12,18,22H,9-11,13-14H2,(H,24,25).